The molecule has 0 bridgehead atoms. The summed E-state index contributed by atoms with van der Waals surface area (Å²) in [5.74, 6) is -1.80. The predicted octanol–water partition coefficient (Wildman–Crippen LogP) is 2.01. The van der Waals surface area contributed by atoms with Crippen molar-refractivity contribution in [1.29, 1.82) is 0 Å². The molecule has 7 heteroatoms. The molecule has 0 aromatic carbocycles. The maximum absolute atomic E-state index is 11.5. The summed E-state index contributed by atoms with van der Waals surface area (Å²) in [4.78, 5) is 20.3. The molecule has 0 aromatic rings. The van der Waals surface area contributed by atoms with Gasteiger partial charge in [-0.15, -0.1) is 0 Å². The fraction of sp³-hybridized carbons (Fsp3) is 0.400. The van der Waals surface area contributed by atoms with E-state index in [9.17, 15) is 22.8 Å². The van der Waals surface area contributed by atoms with Gasteiger partial charge in [-0.1, -0.05) is 13.2 Å². The summed E-state index contributed by atoms with van der Waals surface area (Å²) >= 11 is 0. The highest BCUT2D eigenvalue weighted by molar-refractivity contribution is 5.89. The zero-order valence-corrected chi connectivity index (χ0v) is 9.68. The van der Waals surface area contributed by atoms with Crippen LogP contribution in [-0.2, 0) is 19.1 Å². The second kappa shape index (κ2) is 7.48. The van der Waals surface area contributed by atoms with Gasteiger partial charge in [0.2, 0.25) is 0 Å². The quantitative estimate of drug-likeness (QED) is 0.558. The molecule has 0 unspecified atom stereocenters. The summed E-state index contributed by atoms with van der Waals surface area (Å²) in [6.07, 6.45) is -4.69. The number of esters is 2. The minimum atomic E-state index is -4.69. The van der Waals surface area contributed by atoms with Gasteiger partial charge in [-0.05, 0) is 6.92 Å². The number of carbonyl (C=O) groups excluding carboxylic acids is 2. The van der Waals surface area contributed by atoms with Gasteiger partial charge >= 0.3 is 18.1 Å². The zero-order valence-electron chi connectivity index (χ0n) is 9.68. The maximum Gasteiger partial charge on any atom is 0.422 e. The first-order chi connectivity index (χ1) is 7.57. The lowest BCUT2D eigenvalue weighted by Gasteiger charge is -2.05. The first-order valence-corrected chi connectivity index (χ1v) is 4.16. The van der Waals surface area contributed by atoms with Gasteiger partial charge in [0.25, 0.3) is 0 Å². The number of hydrogen-bond donors (Lipinski definition) is 0. The normalized spacial score (nSPS) is 9.53. The van der Waals surface area contributed by atoms with Gasteiger partial charge in [0.1, 0.15) is 5.57 Å². The highest BCUT2D eigenvalue weighted by Crippen LogP contribution is 2.24. The van der Waals surface area contributed by atoms with E-state index in [-0.39, 0.29) is 5.97 Å². The number of rotatable bonds is 2. The van der Waals surface area contributed by atoms with Gasteiger partial charge < -0.3 is 9.47 Å². The molecule has 0 aliphatic rings. The Balaban J connectivity index is 0. The van der Waals surface area contributed by atoms with Crippen molar-refractivity contribution in [2.45, 2.75) is 13.1 Å². The summed E-state index contributed by atoms with van der Waals surface area (Å²) in [5, 5.41) is 0. The molecule has 4 nitrogen and oxygen atoms in total. The molecular weight excluding hydrogens is 241 g/mol. The summed E-state index contributed by atoms with van der Waals surface area (Å²) in [6.45, 7) is 7.45. The van der Waals surface area contributed by atoms with Crippen LogP contribution in [0.15, 0.2) is 24.3 Å². The van der Waals surface area contributed by atoms with Crippen LogP contribution in [0.25, 0.3) is 0 Å². The monoisotopic (exact) mass is 254 g/mol. The third-order valence-corrected chi connectivity index (χ3v) is 1.31. The van der Waals surface area contributed by atoms with Gasteiger partial charge in [-0.25, -0.2) is 9.59 Å². The summed E-state index contributed by atoms with van der Waals surface area (Å²) in [5.41, 5.74) is -1.06. The minimum Gasteiger partial charge on any atom is -0.466 e. The molecule has 0 saturated heterocycles. The van der Waals surface area contributed by atoms with Crippen LogP contribution in [0.1, 0.15) is 6.92 Å². The highest BCUT2D eigenvalue weighted by atomic mass is 19.4. The maximum atomic E-state index is 11.5. The molecular formula is C10H13F3O4. The van der Waals surface area contributed by atoms with E-state index in [1.54, 1.807) is 6.92 Å². The first kappa shape index (κ1) is 17.6. The lowest BCUT2D eigenvalue weighted by molar-refractivity contribution is -0.147. The molecule has 0 spiro atoms. The summed E-state index contributed by atoms with van der Waals surface area (Å²) in [6, 6.07) is 0. The lowest BCUT2D eigenvalue weighted by Crippen LogP contribution is -2.19. The smallest absolute Gasteiger partial charge is 0.422 e. The molecule has 0 rings (SSSR count). The van der Waals surface area contributed by atoms with Crippen molar-refractivity contribution < 1.29 is 32.2 Å². The van der Waals surface area contributed by atoms with E-state index in [2.05, 4.69) is 22.6 Å². The van der Waals surface area contributed by atoms with Crippen LogP contribution in [0.4, 0.5) is 13.2 Å². The van der Waals surface area contributed by atoms with Gasteiger partial charge in [0, 0.05) is 5.57 Å². The predicted molar refractivity (Wildman–Crippen MR) is 54.0 cm³/mol. The largest absolute Gasteiger partial charge is 0.466 e. The number of hydrogen-bond acceptors (Lipinski definition) is 4. The number of halogens is 3. The SMILES string of the molecule is C=C(C(=O)OC)C(F)(F)F.C=C(C)C(=O)OC. The van der Waals surface area contributed by atoms with Crippen molar-refractivity contribution in [1.82, 2.24) is 0 Å². The molecule has 0 fully saturated rings. The van der Waals surface area contributed by atoms with Crippen molar-refractivity contribution in [3.8, 4) is 0 Å². The van der Waals surface area contributed by atoms with Crippen LogP contribution in [0.5, 0.6) is 0 Å². The van der Waals surface area contributed by atoms with Crippen LogP contribution in [0.3, 0.4) is 0 Å². The van der Waals surface area contributed by atoms with E-state index in [0.29, 0.717) is 5.57 Å². The molecule has 0 atom stereocenters. The molecule has 0 amide bonds. The Morgan fingerprint density at radius 3 is 1.41 bits per heavy atom. The first-order valence-electron chi connectivity index (χ1n) is 4.16. The number of methoxy groups -OCH3 is 2. The van der Waals surface area contributed by atoms with Gasteiger partial charge in [-0.3, -0.25) is 0 Å². The number of carbonyl (C=O) groups is 2. The Morgan fingerprint density at radius 2 is 1.35 bits per heavy atom. The van der Waals surface area contributed by atoms with Crippen LogP contribution in [0, 0.1) is 0 Å². The van der Waals surface area contributed by atoms with Gasteiger partial charge in [0.05, 0.1) is 14.2 Å². The third-order valence-electron chi connectivity index (χ3n) is 1.31. The van der Waals surface area contributed by atoms with Crippen molar-refractivity contribution in [2.75, 3.05) is 14.2 Å². The standard InChI is InChI=1S/C5H5F3O2.C5H8O2/c1-3(4(9)10-2)5(6,7)8;1-4(2)5(6)7-3/h1H2,2H3;1H2,2-3H3. The highest BCUT2D eigenvalue weighted by Gasteiger charge is 2.37. The molecule has 0 aromatic heterocycles. The van der Waals surface area contributed by atoms with Crippen LogP contribution in [-0.4, -0.2) is 32.3 Å². The number of alkyl halides is 3. The zero-order chi connectivity index (χ0) is 14.2. The van der Waals surface area contributed by atoms with E-state index >= 15 is 0 Å². The van der Waals surface area contributed by atoms with E-state index in [0.717, 1.165) is 7.11 Å². The van der Waals surface area contributed by atoms with Crippen LogP contribution >= 0.6 is 0 Å². The second-order valence-electron chi connectivity index (χ2n) is 2.74. The third kappa shape index (κ3) is 8.06. The van der Waals surface area contributed by atoms with Crippen LogP contribution < -0.4 is 0 Å². The van der Waals surface area contributed by atoms with Crippen LogP contribution in [0.2, 0.25) is 0 Å². The Morgan fingerprint density at radius 1 is 1.00 bits per heavy atom. The molecule has 98 valence electrons. The molecule has 17 heavy (non-hydrogen) atoms. The molecule has 0 heterocycles. The number of ether oxygens (including phenoxy) is 2. The van der Waals surface area contributed by atoms with Crippen molar-refractivity contribution >= 4 is 11.9 Å². The van der Waals surface area contributed by atoms with E-state index in [1.807, 2.05) is 0 Å². The Bertz CT molecular complexity index is 318. The average Bonchev–Trinajstić information content (AvgIpc) is 2.25. The van der Waals surface area contributed by atoms with E-state index in [4.69, 9.17) is 0 Å². The fourth-order valence-corrected chi connectivity index (χ4v) is 0.413. The van der Waals surface area contributed by atoms with Gasteiger partial charge in [0.15, 0.2) is 0 Å². The molecule has 0 aliphatic carbocycles. The fourth-order valence-electron chi connectivity index (χ4n) is 0.413. The van der Waals surface area contributed by atoms with Gasteiger partial charge in [-0.2, -0.15) is 13.2 Å². The minimum absolute atomic E-state index is 0.347. The van der Waals surface area contributed by atoms with Crippen molar-refractivity contribution in [3.63, 3.8) is 0 Å². The Labute approximate surface area is 96.7 Å². The molecule has 0 radical (unpaired) electrons. The topological polar surface area (TPSA) is 52.6 Å². The van der Waals surface area contributed by atoms with E-state index in [1.165, 1.54) is 7.11 Å². The second-order valence-corrected chi connectivity index (χ2v) is 2.74. The average molecular weight is 254 g/mol. The lowest BCUT2D eigenvalue weighted by atomic mass is 10.3. The Hall–Kier alpha value is -1.79. The summed E-state index contributed by atoms with van der Waals surface area (Å²) in [7, 11) is 2.19. The van der Waals surface area contributed by atoms with Crippen molar-refractivity contribution in [3.05, 3.63) is 24.3 Å². The van der Waals surface area contributed by atoms with Crippen molar-refractivity contribution in [2.24, 2.45) is 0 Å². The Kier molecular flexibility index (Phi) is 7.74. The van der Waals surface area contributed by atoms with E-state index < -0.39 is 17.7 Å². The molecule has 0 saturated carbocycles. The molecule has 0 aliphatic heterocycles. The summed E-state index contributed by atoms with van der Waals surface area (Å²) < 4.78 is 42.5. The molecule has 0 N–H and O–H groups in total.